The maximum absolute atomic E-state index is 12.8. The highest BCUT2D eigenvalue weighted by Crippen LogP contribution is 2.15. The number of benzene rings is 2. The van der Waals surface area contributed by atoms with Crippen LogP contribution in [0.15, 0.2) is 48.5 Å². The highest BCUT2D eigenvalue weighted by molar-refractivity contribution is 5.90. The second-order valence-electron chi connectivity index (χ2n) is 6.03. The maximum Gasteiger partial charge on any atom is 0.224 e. The molecule has 1 amide bonds. The zero-order chi connectivity index (χ0) is 16.7. The summed E-state index contributed by atoms with van der Waals surface area (Å²) in [5.41, 5.74) is 2.89. The van der Waals surface area contributed by atoms with Crippen LogP contribution >= 0.6 is 0 Å². The molecule has 2 aromatic carbocycles. The summed E-state index contributed by atoms with van der Waals surface area (Å²) in [5.74, 6) is 0.177. The van der Waals surface area contributed by atoms with Crippen molar-refractivity contribution < 1.29 is 9.18 Å². The molecule has 0 saturated heterocycles. The standard InChI is InChI=1S/C19H23FN2O/c1-14(2)13-19(23)22-18-9-7-17(8-10-18)21-12-11-15-3-5-16(20)6-4-15/h3-10,14,21H,11-13H2,1-2H3,(H,22,23). The van der Waals surface area contributed by atoms with Crippen LogP contribution in [-0.4, -0.2) is 12.5 Å². The lowest BCUT2D eigenvalue weighted by molar-refractivity contribution is -0.116. The lowest BCUT2D eigenvalue weighted by atomic mass is 10.1. The van der Waals surface area contributed by atoms with Gasteiger partial charge in [0.1, 0.15) is 5.82 Å². The van der Waals surface area contributed by atoms with E-state index >= 15 is 0 Å². The number of rotatable bonds is 7. The molecule has 0 aromatic heterocycles. The largest absolute Gasteiger partial charge is 0.385 e. The van der Waals surface area contributed by atoms with Crippen molar-refractivity contribution >= 4 is 17.3 Å². The molecule has 0 radical (unpaired) electrons. The molecule has 0 unspecified atom stereocenters. The molecular weight excluding hydrogens is 291 g/mol. The van der Waals surface area contributed by atoms with Crippen LogP contribution in [0.5, 0.6) is 0 Å². The molecule has 0 fully saturated rings. The van der Waals surface area contributed by atoms with Crippen molar-refractivity contribution in [3.8, 4) is 0 Å². The second-order valence-corrected chi connectivity index (χ2v) is 6.03. The minimum Gasteiger partial charge on any atom is -0.385 e. The first-order valence-corrected chi connectivity index (χ1v) is 7.91. The monoisotopic (exact) mass is 314 g/mol. The summed E-state index contributed by atoms with van der Waals surface area (Å²) in [6.07, 6.45) is 1.35. The molecule has 0 spiro atoms. The third kappa shape index (κ3) is 6.10. The number of hydrogen-bond acceptors (Lipinski definition) is 2. The van der Waals surface area contributed by atoms with Crippen LogP contribution in [0.25, 0.3) is 0 Å². The molecule has 0 saturated carbocycles. The van der Waals surface area contributed by atoms with E-state index in [0.29, 0.717) is 12.3 Å². The van der Waals surface area contributed by atoms with Gasteiger partial charge < -0.3 is 10.6 Å². The SMILES string of the molecule is CC(C)CC(=O)Nc1ccc(NCCc2ccc(F)cc2)cc1. The number of halogens is 1. The quantitative estimate of drug-likeness (QED) is 0.792. The average Bonchev–Trinajstić information content (AvgIpc) is 2.50. The molecule has 2 rings (SSSR count). The molecule has 122 valence electrons. The van der Waals surface area contributed by atoms with Gasteiger partial charge in [0.25, 0.3) is 0 Å². The number of carbonyl (C=O) groups excluding carboxylic acids is 1. The molecule has 0 heterocycles. The molecule has 2 aromatic rings. The Morgan fingerprint density at radius 3 is 2.22 bits per heavy atom. The van der Waals surface area contributed by atoms with Crippen LogP contribution < -0.4 is 10.6 Å². The first-order chi connectivity index (χ1) is 11.0. The van der Waals surface area contributed by atoms with Crippen molar-refractivity contribution in [2.24, 2.45) is 5.92 Å². The molecule has 23 heavy (non-hydrogen) atoms. The van der Waals surface area contributed by atoms with Crippen molar-refractivity contribution in [2.75, 3.05) is 17.2 Å². The smallest absolute Gasteiger partial charge is 0.224 e. The molecule has 2 N–H and O–H groups in total. The summed E-state index contributed by atoms with van der Waals surface area (Å²) in [7, 11) is 0. The Hall–Kier alpha value is -2.36. The van der Waals surface area contributed by atoms with Crippen molar-refractivity contribution in [1.29, 1.82) is 0 Å². The lowest BCUT2D eigenvalue weighted by Gasteiger charge is -2.09. The van der Waals surface area contributed by atoms with Gasteiger partial charge in [-0.15, -0.1) is 0 Å². The summed E-state index contributed by atoms with van der Waals surface area (Å²) in [4.78, 5) is 11.7. The zero-order valence-corrected chi connectivity index (χ0v) is 13.6. The fraction of sp³-hybridized carbons (Fsp3) is 0.316. The predicted octanol–water partition coefficient (Wildman–Crippen LogP) is 4.46. The molecule has 4 heteroatoms. The number of amides is 1. The van der Waals surface area contributed by atoms with Gasteiger partial charge in [-0.3, -0.25) is 4.79 Å². The van der Waals surface area contributed by atoms with Crippen LogP contribution in [0.4, 0.5) is 15.8 Å². The van der Waals surface area contributed by atoms with Gasteiger partial charge in [-0.05, 0) is 54.3 Å². The summed E-state index contributed by atoms with van der Waals surface area (Å²) < 4.78 is 12.8. The van der Waals surface area contributed by atoms with E-state index in [2.05, 4.69) is 10.6 Å². The Morgan fingerprint density at radius 1 is 1.00 bits per heavy atom. The molecule has 0 aliphatic carbocycles. The molecule has 0 aliphatic rings. The van der Waals surface area contributed by atoms with E-state index in [1.54, 1.807) is 12.1 Å². The van der Waals surface area contributed by atoms with Crippen LogP contribution in [0.2, 0.25) is 0 Å². The van der Waals surface area contributed by atoms with Crippen molar-refractivity contribution in [3.05, 3.63) is 59.9 Å². The Morgan fingerprint density at radius 2 is 1.61 bits per heavy atom. The Kier molecular flexibility index (Phi) is 6.15. The summed E-state index contributed by atoms with van der Waals surface area (Å²) >= 11 is 0. The third-order valence-corrected chi connectivity index (χ3v) is 3.42. The summed E-state index contributed by atoms with van der Waals surface area (Å²) in [6.45, 7) is 4.81. The highest BCUT2D eigenvalue weighted by atomic mass is 19.1. The first-order valence-electron chi connectivity index (χ1n) is 7.91. The summed E-state index contributed by atoms with van der Waals surface area (Å²) in [5, 5.41) is 6.20. The fourth-order valence-electron chi connectivity index (χ4n) is 2.26. The van der Waals surface area contributed by atoms with Crippen molar-refractivity contribution in [3.63, 3.8) is 0 Å². The third-order valence-electron chi connectivity index (χ3n) is 3.42. The number of carbonyl (C=O) groups is 1. The highest BCUT2D eigenvalue weighted by Gasteiger charge is 2.05. The Balaban J connectivity index is 1.78. The lowest BCUT2D eigenvalue weighted by Crippen LogP contribution is -2.13. The van der Waals surface area contributed by atoms with E-state index in [4.69, 9.17) is 0 Å². The molecule has 0 atom stereocenters. The normalized spacial score (nSPS) is 10.6. The minimum absolute atomic E-state index is 0.0389. The van der Waals surface area contributed by atoms with E-state index in [-0.39, 0.29) is 11.7 Å². The molecule has 0 aliphatic heterocycles. The van der Waals surface area contributed by atoms with E-state index in [1.165, 1.54) is 12.1 Å². The van der Waals surface area contributed by atoms with Gasteiger partial charge in [0.05, 0.1) is 0 Å². The van der Waals surface area contributed by atoms with Crippen molar-refractivity contribution in [1.82, 2.24) is 0 Å². The van der Waals surface area contributed by atoms with Crippen LogP contribution in [0.1, 0.15) is 25.8 Å². The molecule has 0 bridgehead atoms. The zero-order valence-electron chi connectivity index (χ0n) is 13.6. The second kappa shape index (κ2) is 8.32. The minimum atomic E-state index is -0.211. The Labute approximate surface area is 136 Å². The van der Waals surface area contributed by atoms with Crippen LogP contribution in [0.3, 0.4) is 0 Å². The molecule has 3 nitrogen and oxygen atoms in total. The maximum atomic E-state index is 12.8. The van der Waals surface area contributed by atoms with E-state index in [1.807, 2.05) is 38.1 Å². The van der Waals surface area contributed by atoms with Gasteiger partial charge in [-0.25, -0.2) is 4.39 Å². The van der Waals surface area contributed by atoms with Gasteiger partial charge in [0.15, 0.2) is 0 Å². The molecular formula is C19H23FN2O. The number of hydrogen-bond donors (Lipinski definition) is 2. The topological polar surface area (TPSA) is 41.1 Å². The average molecular weight is 314 g/mol. The van der Waals surface area contributed by atoms with Gasteiger partial charge in [0, 0.05) is 24.3 Å². The first kappa shape index (κ1) is 17.0. The summed E-state index contributed by atoms with van der Waals surface area (Å²) in [6, 6.07) is 14.2. The van der Waals surface area contributed by atoms with Gasteiger partial charge in [0.2, 0.25) is 5.91 Å². The van der Waals surface area contributed by atoms with Gasteiger partial charge >= 0.3 is 0 Å². The Bertz CT molecular complexity index is 621. The number of nitrogens with one attached hydrogen (secondary N) is 2. The fourth-order valence-corrected chi connectivity index (χ4v) is 2.26. The van der Waals surface area contributed by atoms with Crippen LogP contribution in [0, 0.1) is 11.7 Å². The van der Waals surface area contributed by atoms with E-state index in [9.17, 15) is 9.18 Å². The van der Waals surface area contributed by atoms with Crippen LogP contribution in [-0.2, 0) is 11.2 Å². The van der Waals surface area contributed by atoms with Gasteiger partial charge in [-0.2, -0.15) is 0 Å². The predicted molar refractivity (Wildman–Crippen MR) is 93.1 cm³/mol. The van der Waals surface area contributed by atoms with Crippen molar-refractivity contribution in [2.45, 2.75) is 26.7 Å². The van der Waals surface area contributed by atoms with Gasteiger partial charge in [-0.1, -0.05) is 26.0 Å². The van der Waals surface area contributed by atoms with E-state index in [0.717, 1.165) is 29.9 Å². The number of anilines is 2. The van der Waals surface area contributed by atoms with E-state index < -0.39 is 0 Å².